The van der Waals surface area contributed by atoms with Crippen LogP contribution in [0.5, 0.6) is 0 Å². The second-order valence-corrected chi connectivity index (χ2v) is 16.8. The molecular weight excluding hydrogens is 821 g/mol. The number of carboxylic acids is 1. The van der Waals surface area contributed by atoms with Gasteiger partial charge in [-0.3, -0.25) is 23.4 Å². The van der Waals surface area contributed by atoms with E-state index in [4.69, 9.17) is 29.6 Å². The Hall–Kier alpha value is -3.24. The maximum absolute atomic E-state index is 12.8. The summed E-state index contributed by atoms with van der Waals surface area (Å²) in [5, 5.41) is 39.9. The monoisotopic (exact) mass is 898 g/mol. The average molecular weight is 898 g/mol. The minimum atomic E-state index is -4.81. The van der Waals surface area contributed by atoms with E-state index in [0.717, 1.165) is 70.6 Å². The fourth-order valence-electron chi connectivity index (χ4n) is 6.15. The van der Waals surface area contributed by atoms with E-state index < -0.39 is 82.3 Å². The molecule has 2 unspecified atom stereocenters. The van der Waals surface area contributed by atoms with E-state index in [9.17, 15) is 39.2 Å². The van der Waals surface area contributed by atoms with Gasteiger partial charge >= 0.3 is 25.7 Å². The number of carbonyl (C=O) groups excluding carboxylic acids is 2. The Labute approximate surface area is 369 Å². The summed E-state index contributed by atoms with van der Waals surface area (Å²) in [6.07, 6.45) is 33.0. The van der Waals surface area contributed by atoms with Crippen molar-refractivity contribution in [1.82, 2.24) is 0 Å². The van der Waals surface area contributed by atoms with Gasteiger partial charge in [-0.1, -0.05) is 119 Å². The molecule has 1 rings (SSSR count). The molecule has 0 aliphatic carbocycles. The summed E-state index contributed by atoms with van der Waals surface area (Å²) in [7, 11) is -4.81. The van der Waals surface area contributed by atoms with E-state index in [1.165, 1.54) is 0 Å². The van der Waals surface area contributed by atoms with Crippen molar-refractivity contribution in [3.63, 3.8) is 0 Å². The molecule has 0 bridgehead atoms. The smallest absolute Gasteiger partial charge is 0.472 e. The lowest BCUT2D eigenvalue weighted by atomic mass is 9.87. The SMILES string of the molecule is CC/C=C\C/C=C\C/C=C\C/C=C\CCCCCCC(=O)OC[C@H](COP(=O)(O)OC[C@H](N)C(=O)O)OC(=O)CCC/C=C\C[C@H]1[C@@H](O)CC(O)O[C@@H]1/C=C/[C@@H](O)CCCCC. The Morgan fingerprint density at radius 1 is 0.774 bits per heavy atom. The molecule has 1 aliphatic rings. The van der Waals surface area contributed by atoms with Crippen molar-refractivity contribution in [3.8, 4) is 0 Å². The van der Waals surface area contributed by atoms with Gasteiger partial charge in [-0.2, -0.15) is 0 Å². The van der Waals surface area contributed by atoms with Gasteiger partial charge in [0, 0.05) is 25.2 Å². The number of allylic oxidation sites excluding steroid dienone is 10. The first-order chi connectivity index (χ1) is 29.8. The molecule has 1 fully saturated rings. The maximum atomic E-state index is 12.8. The number of ether oxygens (including phenoxy) is 3. The van der Waals surface area contributed by atoms with E-state index in [-0.39, 0.29) is 25.2 Å². The highest BCUT2D eigenvalue weighted by atomic mass is 31.2. The van der Waals surface area contributed by atoms with Crippen LogP contribution < -0.4 is 5.73 Å². The van der Waals surface area contributed by atoms with Gasteiger partial charge in [-0.05, 0) is 70.6 Å². The second-order valence-electron chi connectivity index (χ2n) is 15.3. The first-order valence-corrected chi connectivity index (χ1v) is 23.9. The highest BCUT2D eigenvalue weighted by molar-refractivity contribution is 7.47. The Bertz CT molecular complexity index is 1450. The summed E-state index contributed by atoms with van der Waals surface area (Å²) in [5.41, 5.74) is 5.33. The van der Waals surface area contributed by atoms with Crippen molar-refractivity contribution in [1.29, 1.82) is 0 Å². The van der Waals surface area contributed by atoms with Crippen LogP contribution in [0, 0.1) is 5.92 Å². The van der Waals surface area contributed by atoms with Crippen molar-refractivity contribution in [2.45, 2.75) is 173 Å². The standard InChI is InChI=1S/C46H76NO14P/c1-3-5-7-8-9-10-11-12-13-14-15-16-17-18-19-20-25-29-43(50)57-34-38(35-58-62(55,56)59-36-40(47)46(53)54)60-44(51)30-26-22-21-24-28-39-41(49)33-45(52)61-42(39)32-31-37(48)27-23-6-4-2/h5,7,9-10,12-13,15-16,21,24,31-32,37-42,45,48-49,52H,3-4,6,8,11,14,17-20,22-23,25-30,33-36,47H2,1-2H3,(H,53,54)(H,55,56)/b7-5-,10-9-,13-12-,16-15-,24-21-,32-31+/t37-,38+,39-,40-,41-,42+,45?/m0/s1. The van der Waals surface area contributed by atoms with Gasteiger partial charge in [-0.25, -0.2) is 4.57 Å². The number of nitrogens with two attached hydrogens (primary N) is 1. The molecule has 0 radical (unpaired) electrons. The number of hydrogen-bond acceptors (Lipinski definition) is 13. The highest BCUT2D eigenvalue weighted by Gasteiger charge is 2.35. The molecule has 62 heavy (non-hydrogen) atoms. The highest BCUT2D eigenvalue weighted by Crippen LogP contribution is 2.43. The van der Waals surface area contributed by atoms with E-state index in [1.807, 2.05) is 12.2 Å². The molecule has 0 aromatic heterocycles. The molecule has 0 amide bonds. The van der Waals surface area contributed by atoms with Crippen LogP contribution >= 0.6 is 7.82 Å². The maximum Gasteiger partial charge on any atom is 0.472 e. The van der Waals surface area contributed by atoms with Gasteiger partial charge in [0.1, 0.15) is 12.6 Å². The van der Waals surface area contributed by atoms with Crippen LogP contribution in [-0.4, -0.2) is 99.8 Å². The summed E-state index contributed by atoms with van der Waals surface area (Å²) in [6.45, 7) is 2.26. The molecule has 1 aliphatic heterocycles. The molecule has 0 spiro atoms. The molecule has 15 nitrogen and oxygen atoms in total. The number of hydrogen-bond donors (Lipinski definition) is 6. The Morgan fingerprint density at radius 3 is 2.06 bits per heavy atom. The van der Waals surface area contributed by atoms with Crippen molar-refractivity contribution in [2.24, 2.45) is 11.7 Å². The van der Waals surface area contributed by atoms with Crippen LogP contribution in [0.3, 0.4) is 0 Å². The molecule has 7 N–H and O–H groups in total. The number of carbonyl (C=O) groups is 3. The number of phosphoric acid groups is 1. The summed E-state index contributed by atoms with van der Waals surface area (Å²) in [5.74, 6) is -3.01. The molecule has 354 valence electrons. The van der Waals surface area contributed by atoms with Crippen LogP contribution in [0.2, 0.25) is 0 Å². The molecule has 0 saturated carbocycles. The molecule has 1 heterocycles. The van der Waals surface area contributed by atoms with Crippen LogP contribution in [0.4, 0.5) is 0 Å². The normalized spacial score (nSPS) is 21.1. The number of aliphatic hydroxyl groups is 3. The molecule has 0 aromatic carbocycles. The summed E-state index contributed by atoms with van der Waals surface area (Å²) in [6, 6.07) is -1.58. The lowest BCUT2D eigenvalue weighted by Crippen LogP contribution is -2.43. The summed E-state index contributed by atoms with van der Waals surface area (Å²) < 4.78 is 38.3. The van der Waals surface area contributed by atoms with Gasteiger partial charge in [0.05, 0.1) is 31.5 Å². The zero-order valence-corrected chi connectivity index (χ0v) is 37.9. The Balaban J connectivity index is 2.55. The third-order valence-electron chi connectivity index (χ3n) is 9.73. The molecule has 8 atom stereocenters. The number of aliphatic carboxylic acids is 1. The van der Waals surface area contributed by atoms with Gasteiger partial charge < -0.3 is 45.3 Å². The number of carboxylic acid groups (broad SMARTS) is 1. The summed E-state index contributed by atoms with van der Waals surface area (Å²) in [4.78, 5) is 46.2. The average Bonchev–Trinajstić information content (AvgIpc) is 3.23. The zero-order valence-electron chi connectivity index (χ0n) is 37.0. The summed E-state index contributed by atoms with van der Waals surface area (Å²) >= 11 is 0. The van der Waals surface area contributed by atoms with Crippen molar-refractivity contribution in [3.05, 3.63) is 72.9 Å². The van der Waals surface area contributed by atoms with Gasteiger partial charge in [0.25, 0.3) is 0 Å². The number of aliphatic hydroxyl groups excluding tert-OH is 3. The van der Waals surface area contributed by atoms with Gasteiger partial charge in [0.15, 0.2) is 12.4 Å². The third-order valence-corrected chi connectivity index (χ3v) is 10.7. The molecule has 16 heteroatoms. The minimum Gasteiger partial charge on any atom is -0.480 e. The van der Waals surface area contributed by atoms with Crippen molar-refractivity contribution < 1.29 is 67.5 Å². The largest absolute Gasteiger partial charge is 0.480 e. The topological polar surface area (TPSA) is 242 Å². The van der Waals surface area contributed by atoms with E-state index in [1.54, 1.807) is 12.2 Å². The third kappa shape index (κ3) is 30.7. The Morgan fingerprint density at radius 2 is 1.39 bits per heavy atom. The molecular formula is C46H76NO14P. The zero-order chi connectivity index (χ0) is 45.9. The predicted molar refractivity (Wildman–Crippen MR) is 238 cm³/mol. The lowest BCUT2D eigenvalue weighted by molar-refractivity contribution is -0.199. The first kappa shape index (κ1) is 56.8. The van der Waals surface area contributed by atoms with Crippen LogP contribution in [-0.2, 0) is 42.2 Å². The number of phosphoric ester groups is 1. The number of esters is 2. The van der Waals surface area contributed by atoms with Gasteiger partial charge in [-0.15, -0.1) is 0 Å². The fraction of sp³-hybridized carbons (Fsp3) is 0.674. The van der Waals surface area contributed by atoms with E-state index >= 15 is 0 Å². The van der Waals surface area contributed by atoms with E-state index in [0.29, 0.717) is 32.1 Å². The lowest BCUT2D eigenvalue weighted by Gasteiger charge is -2.36. The predicted octanol–water partition coefficient (Wildman–Crippen LogP) is 7.83. The van der Waals surface area contributed by atoms with Crippen LogP contribution in [0.25, 0.3) is 0 Å². The van der Waals surface area contributed by atoms with E-state index in [2.05, 4.69) is 67.0 Å². The molecule has 0 aromatic rings. The number of rotatable bonds is 36. The van der Waals surface area contributed by atoms with Crippen molar-refractivity contribution >= 4 is 25.7 Å². The van der Waals surface area contributed by atoms with Gasteiger partial charge in [0.2, 0.25) is 0 Å². The molecule has 1 saturated heterocycles. The minimum absolute atomic E-state index is 0.0426. The number of unbranched alkanes of at least 4 members (excludes halogenated alkanes) is 7. The fourth-order valence-corrected chi connectivity index (χ4v) is 6.93. The second kappa shape index (κ2) is 36.1. The van der Waals surface area contributed by atoms with Crippen molar-refractivity contribution in [2.75, 3.05) is 19.8 Å². The quantitative estimate of drug-likeness (QED) is 0.0152. The Kier molecular flexibility index (Phi) is 33.1. The van der Waals surface area contributed by atoms with Crippen LogP contribution in [0.15, 0.2) is 72.9 Å². The first-order valence-electron chi connectivity index (χ1n) is 22.4. The van der Waals surface area contributed by atoms with Crippen LogP contribution in [0.1, 0.15) is 136 Å².